The van der Waals surface area contributed by atoms with E-state index in [1.54, 1.807) is 6.08 Å². The number of aliphatic hydroxyl groups is 1. The maximum absolute atomic E-state index is 11.8. The minimum Gasteiger partial charge on any atom is -0.481 e. The summed E-state index contributed by atoms with van der Waals surface area (Å²) in [6.45, 7) is 3.62. The number of aliphatic carboxylic acids is 1. The van der Waals surface area contributed by atoms with Crippen molar-refractivity contribution in [3.8, 4) is 0 Å². The second kappa shape index (κ2) is 14.6. The third kappa shape index (κ3) is 12.3. The van der Waals surface area contributed by atoms with Crippen molar-refractivity contribution in [3.05, 3.63) is 24.3 Å². The van der Waals surface area contributed by atoms with Crippen LogP contribution in [0.4, 0.5) is 0 Å². The number of aliphatic hydroxyl groups excluding tert-OH is 1. The summed E-state index contributed by atoms with van der Waals surface area (Å²) in [6, 6.07) is 0. The van der Waals surface area contributed by atoms with Crippen LogP contribution in [0.25, 0.3) is 0 Å². The minimum atomic E-state index is -0.899. The number of ketones is 1. The van der Waals surface area contributed by atoms with E-state index in [2.05, 4.69) is 13.0 Å². The van der Waals surface area contributed by atoms with E-state index in [9.17, 15) is 19.5 Å². The van der Waals surface area contributed by atoms with Crippen molar-refractivity contribution in [3.63, 3.8) is 0 Å². The Morgan fingerprint density at radius 2 is 1.80 bits per heavy atom. The summed E-state index contributed by atoms with van der Waals surface area (Å²) in [5.41, 5.74) is 0. The van der Waals surface area contributed by atoms with Gasteiger partial charge in [-0.3, -0.25) is 9.59 Å². The molecule has 0 radical (unpaired) electrons. The van der Waals surface area contributed by atoms with Gasteiger partial charge in [0.15, 0.2) is 0 Å². The normalized spacial score (nSPS) is 15.3. The predicted molar refractivity (Wildman–Crippen MR) is 98.3 cm³/mol. The van der Waals surface area contributed by atoms with E-state index >= 15 is 0 Å². The van der Waals surface area contributed by atoms with Crippen LogP contribution in [-0.4, -0.2) is 34.4 Å². The van der Waals surface area contributed by atoms with E-state index < -0.39 is 23.9 Å². The van der Waals surface area contributed by atoms with Gasteiger partial charge < -0.3 is 15.0 Å². The fourth-order valence-electron chi connectivity index (χ4n) is 2.56. The maximum Gasteiger partial charge on any atom is 0.303 e. The van der Waals surface area contributed by atoms with Gasteiger partial charge in [0, 0.05) is 18.3 Å². The number of Topliss-reactive ketones (excluding diaryl/α,β-unsaturated/α-hetero) is 1. The van der Waals surface area contributed by atoms with Crippen LogP contribution >= 0.6 is 0 Å². The third-order valence-corrected chi connectivity index (χ3v) is 4.12. The number of aldehydes is 1. The van der Waals surface area contributed by atoms with Crippen molar-refractivity contribution < 1.29 is 24.6 Å². The van der Waals surface area contributed by atoms with Crippen LogP contribution in [0, 0.1) is 11.8 Å². The zero-order chi connectivity index (χ0) is 19.1. The number of carboxylic acid groups (broad SMARTS) is 1. The predicted octanol–water partition coefficient (Wildman–Crippen LogP) is 3.71. The van der Waals surface area contributed by atoms with Gasteiger partial charge in [0.25, 0.3) is 0 Å². The number of hydrogen-bond acceptors (Lipinski definition) is 4. The highest BCUT2D eigenvalue weighted by Crippen LogP contribution is 2.19. The molecule has 0 rings (SSSR count). The highest BCUT2D eigenvalue weighted by molar-refractivity contribution is 5.82. The lowest BCUT2D eigenvalue weighted by Gasteiger charge is -2.16. The lowest BCUT2D eigenvalue weighted by atomic mass is 9.86. The largest absolute Gasteiger partial charge is 0.481 e. The fraction of sp³-hybridized carbons (Fsp3) is 0.650. The molecule has 5 nitrogen and oxygen atoms in total. The molecule has 3 atom stereocenters. The van der Waals surface area contributed by atoms with E-state index in [4.69, 9.17) is 5.11 Å². The summed E-state index contributed by atoms with van der Waals surface area (Å²) >= 11 is 0. The highest BCUT2D eigenvalue weighted by atomic mass is 16.4. The van der Waals surface area contributed by atoms with Crippen molar-refractivity contribution in [2.45, 2.75) is 71.3 Å². The first-order chi connectivity index (χ1) is 11.9. The summed E-state index contributed by atoms with van der Waals surface area (Å²) in [7, 11) is 0. The Bertz CT molecular complexity index is 453. The molecule has 0 saturated carbocycles. The number of carbonyl (C=O) groups excluding carboxylic acids is 2. The second-order valence-electron chi connectivity index (χ2n) is 6.37. The zero-order valence-corrected chi connectivity index (χ0v) is 15.4. The quantitative estimate of drug-likeness (QED) is 0.266. The molecule has 0 bridgehead atoms. The molecule has 1 unspecified atom stereocenters. The lowest BCUT2D eigenvalue weighted by molar-refractivity contribution is -0.137. The number of allylic oxidation sites excluding steroid dienone is 3. The van der Waals surface area contributed by atoms with E-state index in [0.717, 1.165) is 25.5 Å². The van der Waals surface area contributed by atoms with Crippen LogP contribution in [-0.2, 0) is 14.4 Å². The molecule has 0 aromatic carbocycles. The van der Waals surface area contributed by atoms with Gasteiger partial charge in [-0.2, -0.15) is 0 Å². The Kier molecular flexibility index (Phi) is 13.6. The van der Waals surface area contributed by atoms with Crippen molar-refractivity contribution >= 4 is 18.0 Å². The average Bonchev–Trinajstić information content (AvgIpc) is 2.55. The van der Waals surface area contributed by atoms with Crippen LogP contribution in [0.3, 0.4) is 0 Å². The molecule has 0 aliphatic rings. The highest BCUT2D eigenvalue weighted by Gasteiger charge is 2.22. The summed E-state index contributed by atoms with van der Waals surface area (Å²) in [5.74, 6) is -1.96. The molecule has 2 N–H and O–H groups in total. The van der Waals surface area contributed by atoms with E-state index in [1.807, 2.05) is 6.08 Å². The van der Waals surface area contributed by atoms with E-state index in [1.165, 1.54) is 19.4 Å². The third-order valence-electron chi connectivity index (χ3n) is 4.12. The SMILES string of the molecule is CCCCC/C=C\C[C@@H](C(C)=O)[C@@H](C=O)/C=C/C(O)CCCC(=O)O. The minimum absolute atomic E-state index is 0.000899. The number of hydrogen-bond donors (Lipinski definition) is 2. The molecule has 0 heterocycles. The first kappa shape index (κ1) is 23.2. The fourth-order valence-corrected chi connectivity index (χ4v) is 2.56. The molecule has 0 aromatic rings. The smallest absolute Gasteiger partial charge is 0.303 e. The molecule has 0 amide bonds. The molecular weight excluding hydrogens is 320 g/mol. The van der Waals surface area contributed by atoms with Gasteiger partial charge in [-0.05, 0) is 39.0 Å². The molecule has 0 aliphatic carbocycles. The number of carbonyl (C=O) groups is 3. The molecule has 25 heavy (non-hydrogen) atoms. The summed E-state index contributed by atoms with van der Waals surface area (Å²) in [4.78, 5) is 33.7. The van der Waals surface area contributed by atoms with Gasteiger partial charge in [0.1, 0.15) is 12.1 Å². The Hall–Kier alpha value is -1.75. The first-order valence-electron chi connectivity index (χ1n) is 9.11. The Morgan fingerprint density at radius 3 is 2.36 bits per heavy atom. The van der Waals surface area contributed by atoms with Gasteiger partial charge in [0.2, 0.25) is 0 Å². The summed E-state index contributed by atoms with van der Waals surface area (Å²) in [5, 5.41) is 18.4. The van der Waals surface area contributed by atoms with Crippen LogP contribution in [0.2, 0.25) is 0 Å². The monoisotopic (exact) mass is 352 g/mol. The molecule has 0 spiro atoms. The van der Waals surface area contributed by atoms with Crippen molar-refractivity contribution in [2.24, 2.45) is 11.8 Å². The maximum atomic E-state index is 11.8. The van der Waals surface area contributed by atoms with E-state index in [-0.39, 0.29) is 12.2 Å². The Labute approximate surface area is 150 Å². The molecule has 5 heteroatoms. The molecule has 0 aromatic heterocycles. The molecule has 0 saturated heterocycles. The van der Waals surface area contributed by atoms with Gasteiger partial charge in [-0.15, -0.1) is 0 Å². The standard InChI is InChI=1S/C20H32O5/c1-3-4-5-6-7-8-11-19(16(2)22)17(15-21)13-14-18(23)10-9-12-20(24)25/h7-8,13-15,17-19,23H,3-6,9-12H2,1-2H3,(H,24,25)/b8-7-,14-13+/t17-,18?,19+/m1/s1. The summed E-state index contributed by atoms with van der Waals surface area (Å²) in [6.07, 6.45) is 12.6. The first-order valence-corrected chi connectivity index (χ1v) is 9.11. The zero-order valence-electron chi connectivity index (χ0n) is 15.4. The van der Waals surface area contributed by atoms with Gasteiger partial charge in [-0.25, -0.2) is 0 Å². The summed E-state index contributed by atoms with van der Waals surface area (Å²) < 4.78 is 0. The topological polar surface area (TPSA) is 91.7 Å². The van der Waals surface area contributed by atoms with Gasteiger partial charge in [-0.1, -0.05) is 44.1 Å². The lowest BCUT2D eigenvalue weighted by Crippen LogP contribution is -2.21. The second-order valence-corrected chi connectivity index (χ2v) is 6.37. The van der Waals surface area contributed by atoms with Crippen LogP contribution in [0.5, 0.6) is 0 Å². The van der Waals surface area contributed by atoms with E-state index in [0.29, 0.717) is 19.3 Å². The number of rotatable bonds is 15. The Balaban J connectivity index is 4.54. The molecule has 0 fully saturated rings. The van der Waals surface area contributed by atoms with Gasteiger partial charge in [0.05, 0.1) is 6.10 Å². The van der Waals surface area contributed by atoms with Crippen LogP contribution < -0.4 is 0 Å². The van der Waals surface area contributed by atoms with Crippen molar-refractivity contribution in [1.29, 1.82) is 0 Å². The number of unbranched alkanes of at least 4 members (excludes halogenated alkanes) is 3. The van der Waals surface area contributed by atoms with Crippen molar-refractivity contribution in [2.75, 3.05) is 0 Å². The van der Waals surface area contributed by atoms with Crippen molar-refractivity contribution in [1.82, 2.24) is 0 Å². The molecular formula is C20H32O5. The van der Waals surface area contributed by atoms with Crippen LogP contribution in [0.1, 0.15) is 65.2 Å². The molecule has 0 aliphatic heterocycles. The van der Waals surface area contributed by atoms with Crippen LogP contribution in [0.15, 0.2) is 24.3 Å². The molecule has 142 valence electrons. The average molecular weight is 352 g/mol. The Morgan fingerprint density at radius 1 is 1.08 bits per heavy atom. The van der Waals surface area contributed by atoms with Gasteiger partial charge >= 0.3 is 5.97 Å². The number of carboxylic acids is 1.